The summed E-state index contributed by atoms with van der Waals surface area (Å²) in [4.78, 5) is 27.0. The first kappa shape index (κ1) is 25.2. The maximum atomic E-state index is 13.8. The molecule has 196 valence electrons. The SMILES string of the molecule is O=C(/C=C/c1ccc(O)cc1)c1c(O)cc(O)c2c1OC(c1ccc(O)cc1)C2C(=O)c1ccc(O)cc1O. The van der Waals surface area contributed by atoms with Crippen LogP contribution in [0.25, 0.3) is 6.08 Å². The summed E-state index contributed by atoms with van der Waals surface area (Å²) in [6, 6.07) is 16.2. The monoisotopic (exact) mass is 526 g/mol. The zero-order valence-corrected chi connectivity index (χ0v) is 20.1. The van der Waals surface area contributed by atoms with Crippen LogP contribution in [0.5, 0.6) is 40.2 Å². The minimum atomic E-state index is -1.27. The first-order valence-electron chi connectivity index (χ1n) is 11.8. The molecule has 9 nitrogen and oxygen atoms in total. The van der Waals surface area contributed by atoms with Gasteiger partial charge in [-0.3, -0.25) is 9.59 Å². The third kappa shape index (κ3) is 4.69. The molecule has 0 fully saturated rings. The van der Waals surface area contributed by atoms with Crippen LogP contribution in [0.15, 0.2) is 78.9 Å². The van der Waals surface area contributed by atoms with Crippen molar-refractivity contribution in [3.8, 4) is 40.2 Å². The van der Waals surface area contributed by atoms with E-state index >= 15 is 0 Å². The Balaban J connectivity index is 1.64. The van der Waals surface area contributed by atoms with Crippen LogP contribution in [0, 0.1) is 0 Å². The van der Waals surface area contributed by atoms with E-state index in [1.165, 1.54) is 60.7 Å². The van der Waals surface area contributed by atoms with Crippen LogP contribution in [-0.2, 0) is 0 Å². The van der Waals surface area contributed by atoms with Crippen molar-refractivity contribution < 1.29 is 45.0 Å². The molecule has 0 aromatic heterocycles. The Kier molecular flexibility index (Phi) is 6.33. The van der Waals surface area contributed by atoms with Gasteiger partial charge in [0, 0.05) is 12.1 Å². The van der Waals surface area contributed by atoms with Crippen molar-refractivity contribution >= 4 is 17.6 Å². The Bertz CT molecular complexity index is 1620. The van der Waals surface area contributed by atoms with E-state index in [0.29, 0.717) is 11.1 Å². The average molecular weight is 526 g/mol. The maximum Gasteiger partial charge on any atom is 0.193 e. The number of hydrogen-bond donors (Lipinski definition) is 6. The quantitative estimate of drug-likeness (QED) is 0.151. The Morgan fingerprint density at radius 2 is 1.31 bits per heavy atom. The highest BCUT2D eigenvalue weighted by molar-refractivity contribution is 6.12. The maximum absolute atomic E-state index is 13.8. The van der Waals surface area contributed by atoms with E-state index in [9.17, 15) is 40.2 Å². The van der Waals surface area contributed by atoms with Crippen LogP contribution >= 0.6 is 0 Å². The van der Waals surface area contributed by atoms with Gasteiger partial charge >= 0.3 is 0 Å². The predicted octanol–water partition coefficient (Wildman–Crippen LogP) is 4.92. The van der Waals surface area contributed by atoms with Gasteiger partial charge < -0.3 is 35.4 Å². The molecule has 1 aliphatic heterocycles. The van der Waals surface area contributed by atoms with Crippen LogP contribution in [0.3, 0.4) is 0 Å². The minimum Gasteiger partial charge on any atom is -0.508 e. The lowest BCUT2D eigenvalue weighted by Gasteiger charge is -2.19. The number of ether oxygens (including phenoxy) is 1. The van der Waals surface area contributed by atoms with Gasteiger partial charge in [-0.15, -0.1) is 0 Å². The summed E-state index contributed by atoms with van der Waals surface area (Å²) in [5.74, 6) is -4.65. The van der Waals surface area contributed by atoms with E-state index < -0.39 is 40.8 Å². The van der Waals surface area contributed by atoms with Gasteiger partial charge in [-0.2, -0.15) is 0 Å². The number of carbonyl (C=O) groups is 2. The normalized spacial score (nSPS) is 16.1. The van der Waals surface area contributed by atoms with Crippen molar-refractivity contribution in [2.45, 2.75) is 12.0 Å². The molecular formula is C30H22O9. The molecule has 2 unspecified atom stereocenters. The number of benzene rings is 4. The van der Waals surface area contributed by atoms with Crippen LogP contribution < -0.4 is 4.74 Å². The number of ketones is 2. The fourth-order valence-electron chi connectivity index (χ4n) is 4.58. The van der Waals surface area contributed by atoms with Crippen molar-refractivity contribution in [1.82, 2.24) is 0 Å². The van der Waals surface area contributed by atoms with Gasteiger partial charge in [-0.1, -0.05) is 30.3 Å². The predicted molar refractivity (Wildman–Crippen MR) is 140 cm³/mol. The molecule has 0 spiro atoms. The summed E-state index contributed by atoms with van der Waals surface area (Å²) in [6.45, 7) is 0. The fraction of sp³-hybridized carbons (Fsp3) is 0.0667. The second-order valence-electron chi connectivity index (χ2n) is 9.00. The topological polar surface area (TPSA) is 165 Å². The van der Waals surface area contributed by atoms with Crippen molar-refractivity contribution in [2.75, 3.05) is 0 Å². The third-order valence-corrected chi connectivity index (χ3v) is 6.45. The highest BCUT2D eigenvalue weighted by Crippen LogP contribution is 2.55. The van der Waals surface area contributed by atoms with Gasteiger partial charge in [0.25, 0.3) is 0 Å². The number of hydrogen-bond acceptors (Lipinski definition) is 9. The largest absolute Gasteiger partial charge is 0.508 e. The summed E-state index contributed by atoms with van der Waals surface area (Å²) in [5, 5.41) is 60.8. The van der Waals surface area contributed by atoms with Crippen molar-refractivity contribution in [3.63, 3.8) is 0 Å². The first-order valence-corrected chi connectivity index (χ1v) is 11.8. The Morgan fingerprint density at radius 1 is 0.692 bits per heavy atom. The smallest absolute Gasteiger partial charge is 0.193 e. The molecule has 1 aliphatic rings. The van der Waals surface area contributed by atoms with E-state index in [1.807, 2.05) is 0 Å². The van der Waals surface area contributed by atoms with Gasteiger partial charge in [0.2, 0.25) is 0 Å². The number of aromatic hydroxyl groups is 6. The highest BCUT2D eigenvalue weighted by Gasteiger charge is 2.46. The van der Waals surface area contributed by atoms with E-state index in [2.05, 4.69) is 0 Å². The Morgan fingerprint density at radius 3 is 1.95 bits per heavy atom. The van der Waals surface area contributed by atoms with Crippen LogP contribution in [-0.4, -0.2) is 42.2 Å². The Hall–Kier alpha value is -5.44. The van der Waals surface area contributed by atoms with E-state index in [1.54, 1.807) is 12.1 Å². The van der Waals surface area contributed by atoms with Crippen LogP contribution in [0.2, 0.25) is 0 Å². The zero-order chi connectivity index (χ0) is 27.8. The van der Waals surface area contributed by atoms with Gasteiger partial charge in [0.05, 0.1) is 17.0 Å². The number of phenolic OH excluding ortho intramolecular Hbond substituents is 6. The number of carbonyl (C=O) groups excluding carboxylic acids is 2. The molecule has 6 N–H and O–H groups in total. The molecule has 4 aromatic carbocycles. The van der Waals surface area contributed by atoms with Gasteiger partial charge in [0.1, 0.15) is 51.9 Å². The summed E-state index contributed by atoms with van der Waals surface area (Å²) < 4.78 is 6.09. The lowest BCUT2D eigenvalue weighted by molar-refractivity contribution is 0.0891. The third-order valence-electron chi connectivity index (χ3n) is 6.45. The molecule has 0 radical (unpaired) electrons. The van der Waals surface area contributed by atoms with Crippen LogP contribution in [0.4, 0.5) is 0 Å². The lowest BCUT2D eigenvalue weighted by atomic mass is 9.83. The molecule has 0 saturated carbocycles. The van der Waals surface area contributed by atoms with E-state index in [-0.39, 0.29) is 39.7 Å². The standard InChI is InChI=1S/C30H22O9/c31-17-6-1-15(2-7-17)3-12-21(34)25-23(36)14-24(37)26-27(28(38)20-11-10-19(33)13-22(20)35)29(39-30(25)26)16-4-8-18(32)9-5-16/h1-14,27,29,31-33,35-37H/b12-3+. The second kappa shape index (κ2) is 9.79. The number of allylic oxidation sites excluding steroid dienone is 1. The summed E-state index contributed by atoms with van der Waals surface area (Å²) in [5.41, 5.74) is 0.495. The molecule has 1 heterocycles. The molecule has 2 atom stereocenters. The van der Waals surface area contributed by atoms with Crippen LogP contribution in [0.1, 0.15) is 49.4 Å². The molecule has 9 heteroatoms. The fourth-order valence-corrected chi connectivity index (χ4v) is 4.58. The minimum absolute atomic E-state index is 0.0379. The van der Waals surface area contributed by atoms with Crippen molar-refractivity contribution in [1.29, 1.82) is 0 Å². The number of fused-ring (bicyclic) bond motifs is 1. The number of phenols is 6. The summed E-state index contributed by atoms with van der Waals surface area (Å²) in [6.07, 6.45) is 1.53. The Labute approximate surface area is 221 Å². The second-order valence-corrected chi connectivity index (χ2v) is 9.00. The van der Waals surface area contributed by atoms with E-state index in [4.69, 9.17) is 4.74 Å². The van der Waals surface area contributed by atoms with Crippen molar-refractivity contribution in [2.24, 2.45) is 0 Å². The van der Waals surface area contributed by atoms with E-state index in [0.717, 1.165) is 12.1 Å². The molecule has 4 aromatic rings. The average Bonchev–Trinajstić information content (AvgIpc) is 3.29. The molecule has 0 saturated heterocycles. The molecule has 0 amide bonds. The molecule has 0 bridgehead atoms. The highest BCUT2D eigenvalue weighted by atomic mass is 16.5. The molecular weight excluding hydrogens is 504 g/mol. The number of Topliss-reactive ketones (excluding diaryl/α,β-unsaturated/α-hetero) is 1. The summed E-state index contributed by atoms with van der Waals surface area (Å²) in [7, 11) is 0. The molecule has 5 rings (SSSR count). The lowest BCUT2D eigenvalue weighted by Crippen LogP contribution is -2.19. The van der Waals surface area contributed by atoms with Gasteiger partial charge in [-0.25, -0.2) is 0 Å². The molecule has 0 aliphatic carbocycles. The van der Waals surface area contributed by atoms with Gasteiger partial charge in [-0.05, 0) is 53.6 Å². The first-order chi connectivity index (χ1) is 18.6. The van der Waals surface area contributed by atoms with Gasteiger partial charge in [0.15, 0.2) is 11.6 Å². The van der Waals surface area contributed by atoms with Crippen molar-refractivity contribution in [3.05, 3.63) is 107 Å². The number of rotatable bonds is 6. The molecule has 39 heavy (non-hydrogen) atoms. The zero-order valence-electron chi connectivity index (χ0n) is 20.1. The summed E-state index contributed by atoms with van der Waals surface area (Å²) >= 11 is 0.